The van der Waals surface area contributed by atoms with Crippen LogP contribution in [0.2, 0.25) is 0 Å². The van der Waals surface area contributed by atoms with Gasteiger partial charge in [-0.05, 0) is 12.8 Å². The van der Waals surface area contributed by atoms with Gasteiger partial charge in [0.1, 0.15) is 12.7 Å². The lowest BCUT2D eigenvalue weighted by Gasteiger charge is -2.07. The molecule has 0 saturated heterocycles. The van der Waals surface area contributed by atoms with Gasteiger partial charge in [-0.1, -0.05) is 18.7 Å². The Bertz CT molecular complexity index is 534. The first-order valence-corrected chi connectivity index (χ1v) is 7.78. The number of aromatic nitrogens is 6. The van der Waals surface area contributed by atoms with Gasteiger partial charge in [-0.3, -0.25) is 0 Å². The summed E-state index contributed by atoms with van der Waals surface area (Å²) in [7, 11) is 1.70. The van der Waals surface area contributed by atoms with Gasteiger partial charge in [0.05, 0.1) is 0 Å². The zero-order valence-corrected chi connectivity index (χ0v) is 13.0. The minimum absolute atomic E-state index is 0.468. The first kappa shape index (κ1) is 15.6. The van der Waals surface area contributed by atoms with Crippen molar-refractivity contribution in [3.8, 4) is 5.95 Å². The van der Waals surface area contributed by atoms with E-state index in [1.54, 1.807) is 25.2 Å². The van der Waals surface area contributed by atoms with Crippen LogP contribution in [0.4, 0.5) is 5.95 Å². The molecule has 0 bridgehead atoms. The van der Waals surface area contributed by atoms with Crippen LogP contribution in [0.1, 0.15) is 19.8 Å². The highest BCUT2D eigenvalue weighted by molar-refractivity contribution is 7.99. The van der Waals surface area contributed by atoms with Crippen molar-refractivity contribution in [3.63, 3.8) is 0 Å². The summed E-state index contributed by atoms with van der Waals surface area (Å²) >= 11 is 1.58. The highest BCUT2D eigenvalue weighted by Gasteiger charge is 2.09. The van der Waals surface area contributed by atoms with Gasteiger partial charge in [-0.2, -0.15) is 24.7 Å². The monoisotopic (exact) mass is 309 g/mol. The van der Waals surface area contributed by atoms with Gasteiger partial charge in [-0.15, -0.1) is 0 Å². The van der Waals surface area contributed by atoms with Gasteiger partial charge < -0.3 is 10.1 Å². The maximum Gasteiger partial charge on any atom is 0.257 e. The van der Waals surface area contributed by atoms with Crippen LogP contribution in [-0.4, -0.2) is 55.7 Å². The zero-order chi connectivity index (χ0) is 14.9. The maximum absolute atomic E-state index is 5.04. The highest BCUT2D eigenvalue weighted by atomic mass is 32.2. The Morgan fingerprint density at radius 1 is 1.33 bits per heavy atom. The Hall–Kier alpha value is -1.74. The topological polar surface area (TPSA) is 90.6 Å². The fourth-order valence-electron chi connectivity index (χ4n) is 1.51. The molecule has 0 aromatic carbocycles. The van der Waals surface area contributed by atoms with E-state index >= 15 is 0 Å². The molecular weight excluding hydrogens is 290 g/mol. The number of nitrogens with one attached hydrogen (secondary N) is 1. The molecule has 0 aliphatic heterocycles. The van der Waals surface area contributed by atoms with Gasteiger partial charge in [0.2, 0.25) is 5.95 Å². The third kappa shape index (κ3) is 4.94. The smallest absolute Gasteiger partial charge is 0.257 e. The lowest BCUT2D eigenvalue weighted by atomic mass is 10.5. The van der Waals surface area contributed by atoms with Crippen LogP contribution in [0.15, 0.2) is 17.8 Å². The second-order valence-electron chi connectivity index (χ2n) is 4.20. The quantitative estimate of drug-likeness (QED) is 0.549. The Morgan fingerprint density at radius 2 is 2.24 bits per heavy atom. The number of thioether (sulfide) groups is 1. The third-order valence-electron chi connectivity index (χ3n) is 2.48. The standard InChI is InChI=1S/C12H19N7OS/c1-3-5-14-10-16-11(19-9-13-8-15-19)18-12(17-10)21-7-4-6-20-2/h8-9H,3-7H2,1-2H3,(H,14,16,17,18). The molecule has 2 aromatic heterocycles. The lowest BCUT2D eigenvalue weighted by Crippen LogP contribution is -2.11. The molecule has 114 valence electrons. The number of methoxy groups -OCH3 is 1. The summed E-state index contributed by atoms with van der Waals surface area (Å²) in [4.78, 5) is 17.1. The maximum atomic E-state index is 5.04. The Labute approximate surface area is 127 Å². The van der Waals surface area contributed by atoms with Crippen molar-refractivity contribution >= 4 is 17.7 Å². The van der Waals surface area contributed by atoms with Crippen LogP contribution >= 0.6 is 11.8 Å². The van der Waals surface area contributed by atoms with Gasteiger partial charge in [0.15, 0.2) is 5.16 Å². The Kier molecular flexibility index (Phi) is 6.35. The predicted octanol–water partition coefficient (Wildman–Crippen LogP) is 1.40. The normalized spacial score (nSPS) is 10.8. The van der Waals surface area contributed by atoms with E-state index in [2.05, 4.69) is 37.3 Å². The first-order valence-electron chi connectivity index (χ1n) is 6.80. The summed E-state index contributed by atoms with van der Waals surface area (Å²) in [5, 5.41) is 7.90. The van der Waals surface area contributed by atoms with Crippen LogP contribution in [-0.2, 0) is 4.74 Å². The molecule has 0 radical (unpaired) electrons. The molecule has 0 aliphatic carbocycles. The Balaban J connectivity index is 2.12. The van der Waals surface area contributed by atoms with Crippen molar-refractivity contribution in [1.29, 1.82) is 0 Å². The largest absolute Gasteiger partial charge is 0.385 e. The predicted molar refractivity (Wildman–Crippen MR) is 80.7 cm³/mol. The van der Waals surface area contributed by atoms with Crippen LogP contribution in [0.25, 0.3) is 5.95 Å². The molecule has 0 amide bonds. The van der Waals surface area contributed by atoms with Gasteiger partial charge in [0, 0.05) is 26.0 Å². The van der Waals surface area contributed by atoms with E-state index in [0.29, 0.717) is 17.1 Å². The number of hydrogen-bond donors (Lipinski definition) is 1. The fourth-order valence-corrected chi connectivity index (χ4v) is 2.25. The van der Waals surface area contributed by atoms with Crippen molar-refractivity contribution < 1.29 is 4.74 Å². The molecule has 0 spiro atoms. The number of anilines is 1. The van der Waals surface area contributed by atoms with E-state index in [1.165, 1.54) is 11.0 Å². The molecular formula is C12H19N7OS. The molecule has 21 heavy (non-hydrogen) atoms. The fraction of sp³-hybridized carbons (Fsp3) is 0.583. The van der Waals surface area contributed by atoms with Crippen molar-refractivity contribution in [3.05, 3.63) is 12.7 Å². The SMILES string of the molecule is CCCNc1nc(SCCCOC)nc(-n2cncn2)n1. The lowest BCUT2D eigenvalue weighted by molar-refractivity contribution is 0.200. The van der Waals surface area contributed by atoms with Gasteiger partial charge >= 0.3 is 0 Å². The molecule has 2 heterocycles. The van der Waals surface area contributed by atoms with Crippen LogP contribution in [0.5, 0.6) is 0 Å². The molecule has 1 N–H and O–H groups in total. The van der Waals surface area contributed by atoms with Gasteiger partial charge in [-0.25, -0.2) is 4.98 Å². The number of hydrogen-bond acceptors (Lipinski definition) is 8. The van der Waals surface area contributed by atoms with Gasteiger partial charge in [0.25, 0.3) is 5.95 Å². The van der Waals surface area contributed by atoms with Crippen molar-refractivity contribution in [2.75, 3.05) is 31.3 Å². The van der Waals surface area contributed by atoms with E-state index < -0.39 is 0 Å². The van der Waals surface area contributed by atoms with Crippen molar-refractivity contribution in [1.82, 2.24) is 29.7 Å². The molecule has 0 saturated carbocycles. The molecule has 0 atom stereocenters. The molecule has 0 fully saturated rings. The summed E-state index contributed by atoms with van der Waals surface area (Å²) in [6.07, 6.45) is 4.97. The molecule has 8 nitrogen and oxygen atoms in total. The number of ether oxygens (including phenoxy) is 1. The van der Waals surface area contributed by atoms with E-state index in [9.17, 15) is 0 Å². The average molecular weight is 309 g/mol. The van der Waals surface area contributed by atoms with E-state index in [0.717, 1.165) is 31.7 Å². The average Bonchev–Trinajstić information content (AvgIpc) is 3.04. The minimum atomic E-state index is 0.468. The summed E-state index contributed by atoms with van der Waals surface area (Å²) in [6, 6.07) is 0. The minimum Gasteiger partial charge on any atom is -0.385 e. The number of nitrogens with zero attached hydrogens (tertiary/aromatic N) is 6. The van der Waals surface area contributed by atoms with Crippen molar-refractivity contribution in [2.45, 2.75) is 24.9 Å². The summed E-state index contributed by atoms with van der Waals surface area (Å²) in [6.45, 7) is 3.64. The zero-order valence-electron chi connectivity index (χ0n) is 12.2. The summed E-state index contributed by atoms with van der Waals surface area (Å²) < 4.78 is 6.56. The molecule has 0 unspecified atom stereocenters. The highest BCUT2D eigenvalue weighted by Crippen LogP contribution is 2.16. The summed E-state index contributed by atoms with van der Waals surface area (Å²) in [5.41, 5.74) is 0. The second-order valence-corrected chi connectivity index (χ2v) is 5.27. The van der Waals surface area contributed by atoms with Crippen LogP contribution in [0, 0.1) is 0 Å². The molecule has 9 heteroatoms. The molecule has 0 aliphatic rings. The molecule has 2 aromatic rings. The summed E-state index contributed by atoms with van der Waals surface area (Å²) in [5.74, 6) is 1.92. The van der Waals surface area contributed by atoms with E-state index in [4.69, 9.17) is 4.74 Å². The number of rotatable bonds is 9. The van der Waals surface area contributed by atoms with Crippen molar-refractivity contribution in [2.24, 2.45) is 0 Å². The molecule has 2 rings (SSSR count). The first-order chi connectivity index (χ1) is 10.3. The third-order valence-corrected chi connectivity index (χ3v) is 3.42. The van der Waals surface area contributed by atoms with Crippen LogP contribution in [0.3, 0.4) is 0 Å². The Morgan fingerprint density at radius 3 is 2.95 bits per heavy atom. The van der Waals surface area contributed by atoms with Crippen LogP contribution < -0.4 is 5.32 Å². The second kappa shape index (κ2) is 8.53. The van der Waals surface area contributed by atoms with E-state index in [1.807, 2.05) is 0 Å². The van der Waals surface area contributed by atoms with E-state index in [-0.39, 0.29) is 0 Å².